The molecule has 1 amide bonds. The van der Waals surface area contributed by atoms with Gasteiger partial charge >= 0.3 is 0 Å². The molecule has 2 atom stereocenters. The summed E-state index contributed by atoms with van der Waals surface area (Å²) in [4.78, 5) is 14.1. The zero-order valence-electron chi connectivity index (χ0n) is 11.2. The second kappa shape index (κ2) is 5.53. The molecule has 3 nitrogen and oxygen atoms in total. The van der Waals surface area contributed by atoms with Crippen LogP contribution in [-0.2, 0) is 4.79 Å². The van der Waals surface area contributed by atoms with Crippen LogP contribution in [0.15, 0.2) is 24.3 Å². The van der Waals surface area contributed by atoms with Crippen molar-refractivity contribution in [3.05, 3.63) is 35.4 Å². The van der Waals surface area contributed by atoms with Crippen LogP contribution in [0, 0.1) is 6.92 Å². The summed E-state index contributed by atoms with van der Waals surface area (Å²) in [5.74, 6) is 0.509. The van der Waals surface area contributed by atoms with Crippen molar-refractivity contribution in [2.45, 2.75) is 38.6 Å². The molecular formula is C15H22N2O. The van der Waals surface area contributed by atoms with Crippen molar-refractivity contribution in [2.75, 3.05) is 13.1 Å². The number of nitrogens with two attached hydrogens (primary N) is 1. The van der Waals surface area contributed by atoms with Gasteiger partial charge in [-0.05, 0) is 30.4 Å². The summed E-state index contributed by atoms with van der Waals surface area (Å²) in [7, 11) is 0. The second-order valence-electron chi connectivity index (χ2n) is 5.35. The monoisotopic (exact) mass is 246 g/mol. The third-order valence-electron chi connectivity index (χ3n) is 3.78. The van der Waals surface area contributed by atoms with E-state index in [0.717, 1.165) is 19.5 Å². The Bertz CT molecular complexity index is 430. The van der Waals surface area contributed by atoms with E-state index in [4.69, 9.17) is 5.73 Å². The van der Waals surface area contributed by atoms with Gasteiger partial charge in [0.25, 0.3) is 0 Å². The molecule has 1 aromatic rings. The molecule has 1 aliphatic rings. The van der Waals surface area contributed by atoms with E-state index >= 15 is 0 Å². The lowest BCUT2D eigenvalue weighted by Crippen LogP contribution is -2.32. The lowest BCUT2D eigenvalue weighted by atomic mass is 9.93. The molecule has 1 saturated heterocycles. The summed E-state index contributed by atoms with van der Waals surface area (Å²) < 4.78 is 0. The molecule has 1 fully saturated rings. The molecule has 0 aliphatic carbocycles. The predicted octanol–water partition coefficient (Wildman–Crippen LogP) is 2.05. The molecule has 1 aliphatic heterocycles. The first-order valence-electron chi connectivity index (χ1n) is 6.67. The van der Waals surface area contributed by atoms with Gasteiger partial charge in [0.05, 0.1) is 0 Å². The van der Waals surface area contributed by atoms with Gasteiger partial charge in [-0.2, -0.15) is 0 Å². The molecule has 0 unspecified atom stereocenters. The number of aryl methyl sites for hydroxylation is 1. The molecule has 98 valence electrons. The molecular weight excluding hydrogens is 224 g/mol. The van der Waals surface area contributed by atoms with E-state index in [0.29, 0.717) is 6.42 Å². The minimum atomic E-state index is 0.169. The molecule has 0 saturated carbocycles. The number of likely N-dealkylation sites (tertiary alicyclic amines) is 1. The quantitative estimate of drug-likeness (QED) is 0.887. The Morgan fingerprint density at radius 1 is 1.50 bits per heavy atom. The van der Waals surface area contributed by atoms with Crippen LogP contribution in [0.4, 0.5) is 0 Å². The van der Waals surface area contributed by atoms with Gasteiger partial charge in [-0.25, -0.2) is 0 Å². The molecule has 1 aromatic carbocycles. The van der Waals surface area contributed by atoms with E-state index < -0.39 is 0 Å². The van der Waals surface area contributed by atoms with Crippen LogP contribution in [-0.4, -0.2) is 29.9 Å². The summed E-state index contributed by atoms with van der Waals surface area (Å²) in [6, 6.07) is 8.45. The van der Waals surface area contributed by atoms with Crippen molar-refractivity contribution in [3.63, 3.8) is 0 Å². The van der Waals surface area contributed by atoms with E-state index in [1.165, 1.54) is 11.1 Å². The summed E-state index contributed by atoms with van der Waals surface area (Å²) in [6.45, 7) is 5.76. The van der Waals surface area contributed by atoms with E-state index in [9.17, 15) is 4.79 Å². The highest BCUT2D eigenvalue weighted by atomic mass is 16.2. The molecule has 1 heterocycles. The summed E-state index contributed by atoms with van der Waals surface area (Å²) in [6.07, 6.45) is 1.52. The van der Waals surface area contributed by atoms with Crippen molar-refractivity contribution in [3.8, 4) is 0 Å². The smallest absolute Gasteiger partial charge is 0.223 e. The lowest BCUT2D eigenvalue weighted by molar-refractivity contribution is -0.130. The van der Waals surface area contributed by atoms with Gasteiger partial charge in [0.15, 0.2) is 0 Å². The van der Waals surface area contributed by atoms with E-state index in [2.05, 4.69) is 26.0 Å². The van der Waals surface area contributed by atoms with E-state index in [1.807, 2.05) is 17.0 Å². The Kier molecular flexibility index (Phi) is 4.02. The van der Waals surface area contributed by atoms with Gasteiger partial charge in [0, 0.05) is 25.6 Å². The summed E-state index contributed by atoms with van der Waals surface area (Å²) in [5, 5.41) is 0. The van der Waals surface area contributed by atoms with Crippen molar-refractivity contribution in [1.29, 1.82) is 0 Å². The van der Waals surface area contributed by atoms with Crippen LogP contribution in [0.3, 0.4) is 0 Å². The Balaban J connectivity index is 1.97. The third-order valence-corrected chi connectivity index (χ3v) is 3.78. The maximum absolute atomic E-state index is 12.2. The molecule has 0 bridgehead atoms. The topological polar surface area (TPSA) is 46.3 Å². The van der Waals surface area contributed by atoms with Gasteiger partial charge in [-0.1, -0.05) is 31.2 Å². The maximum Gasteiger partial charge on any atom is 0.223 e. The fourth-order valence-electron chi connectivity index (χ4n) is 2.65. The van der Waals surface area contributed by atoms with Crippen molar-refractivity contribution in [1.82, 2.24) is 4.90 Å². The fraction of sp³-hybridized carbons (Fsp3) is 0.533. The van der Waals surface area contributed by atoms with Crippen molar-refractivity contribution < 1.29 is 4.79 Å². The number of hydrogen-bond acceptors (Lipinski definition) is 2. The van der Waals surface area contributed by atoms with E-state index in [1.54, 1.807) is 0 Å². The standard InChI is InChI=1S/C15H22N2O/c1-11-5-3-4-6-14(11)12(2)9-15(18)17-8-7-13(16)10-17/h3-6,12-13H,7-10,16H2,1-2H3/t12-,13+/m0/s1. The molecule has 18 heavy (non-hydrogen) atoms. The minimum Gasteiger partial charge on any atom is -0.341 e. The third kappa shape index (κ3) is 2.91. The molecule has 0 radical (unpaired) electrons. The number of nitrogens with zero attached hydrogens (tertiary/aromatic N) is 1. The first kappa shape index (κ1) is 13.1. The zero-order chi connectivity index (χ0) is 13.1. The Hall–Kier alpha value is -1.35. The number of hydrogen-bond donors (Lipinski definition) is 1. The summed E-state index contributed by atoms with van der Waals surface area (Å²) in [5.41, 5.74) is 8.37. The van der Waals surface area contributed by atoms with Crippen LogP contribution in [0.25, 0.3) is 0 Å². The number of rotatable bonds is 3. The van der Waals surface area contributed by atoms with Gasteiger partial charge < -0.3 is 10.6 Å². The maximum atomic E-state index is 12.2. The highest BCUT2D eigenvalue weighted by Crippen LogP contribution is 2.23. The first-order chi connectivity index (χ1) is 8.58. The fourth-order valence-corrected chi connectivity index (χ4v) is 2.65. The predicted molar refractivity (Wildman–Crippen MR) is 73.4 cm³/mol. The Morgan fingerprint density at radius 2 is 2.22 bits per heavy atom. The van der Waals surface area contributed by atoms with Crippen molar-refractivity contribution >= 4 is 5.91 Å². The first-order valence-corrected chi connectivity index (χ1v) is 6.67. The molecule has 2 rings (SSSR count). The molecule has 0 aromatic heterocycles. The minimum absolute atomic E-state index is 0.169. The average molecular weight is 246 g/mol. The second-order valence-corrected chi connectivity index (χ2v) is 5.35. The average Bonchev–Trinajstić information content (AvgIpc) is 2.76. The Morgan fingerprint density at radius 3 is 2.83 bits per heavy atom. The van der Waals surface area contributed by atoms with Crippen LogP contribution >= 0.6 is 0 Å². The van der Waals surface area contributed by atoms with Gasteiger partial charge in [-0.3, -0.25) is 4.79 Å². The van der Waals surface area contributed by atoms with Crippen LogP contribution in [0.2, 0.25) is 0 Å². The number of carbonyl (C=O) groups excluding carboxylic acids is 1. The molecule has 0 spiro atoms. The summed E-state index contributed by atoms with van der Waals surface area (Å²) >= 11 is 0. The van der Waals surface area contributed by atoms with Crippen LogP contribution in [0.5, 0.6) is 0 Å². The van der Waals surface area contributed by atoms with Crippen LogP contribution < -0.4 is 5.73 Å². The molecule has 2 N–H and O–H groups in total. The number of benzene rings is 1. The van der Waals surface area contributed by atoms with Crippen molar-refractivity contribution in [2.24, 2.45) is 5.73 Å². The normalized spacial score (nSPS) is 21.1. The number of amides is 1. The lowest BCUT2D eigenvalue weighted by Gasteiger charge is -2.20. The van der Waals surface area contributed by atoms with Gasteiger partial charge in [0.2, 0.25) is 5.91 Å². The van der Waals surface area contributed by atoms with Crippen LogP contribution in [0.1, 0.15) is 36.8 Å². The molecule has 3 heteroatoms. The SMILES string of the molecule is Cc1ccccc1[C@@H](C)CC(=O)N1CC[C@@H](N)C1. The van der Waals surface area contributed by atoms with Gasteiger partial charge in [-0.15, -0.1) is 0 Å². The largest absolute Gasteiger partial charge is 0.341 e. The zero-order valence-corrected chi connectivity index (χ0v) is 11.2. The van der Waals surface area contributed by atoms with Gasteiger partial charge in [0.1, 0.15) is 0 Å². The van der Waals surface area contributed by atoms with E-state index in [-0.39, 0.29) is 17.9 Å². The number of carbonyl (C=O) groups is 1. The Labute approximate surface area is 109 Å². The highest BCUT2D eigenvalue weighted by molar-refractivity contribution is 5.77. The highest BCUT2D eigenvalue weighted by Gasteiger charge is 2.25.